The summed E-state index contributed by atoms with van der Waals surface area (Å²) in [4.78, 5) is 12.9. The van der Waals surface area contributed by atoms with Gasteiger partial charge in [-0.2, -0.15) is 0 Å². The molecule has 0 aliphatic rings. The van der Waals surface area contributed by atoms with Gasteiger partial charge in [-0.3, -0.25) is 9.10 Å². The predicted molar refractivity (Wildman–Crippen MR) is 106 cm³/mol. The largest absolute Gasteiger partial charge is 0.497 e. The number of ether oxygens (including phenoxy) is 2. The third-order valence-electron chi connectivity index (χ3n) is 4.02. The molecule has 0 spiro atoms. The minimum atomic E-state index is -3.70. The molecule has 0 bridgehead atoms. The van der Waals surface area contributed by atoms with Crippen LogP contribution >= 0.6 is 0 Å². The summed E-state index contributed by atoms with van der Waals surface area (Å²) in [7, 11) is -0.672. The van der Waals surface area contributed by atoms with Gasteiger partial charge in [0.05, 0.1) is 31.9 Å². The quantitative estimate of drug-likeness (QED) is 0.747. The Morgan fingerprint density at radius 3 is 2.22 bits per heavy atom. The van der Waals surface area contributed by atoms with E-state index >= 15 is 0 Å². The second-order valence-corrected chi connectivity index (χ2v) is 7.73. The molecule has 1 atom stereocenters. The molecule has 27 heavy (non-hydrogen) atoms. The lowest BCUT2D eigenvalue weighted by atomic mass is 10.1. The lowest BCUT2D eigenvalue weighted by molar-refractivity contribution is -0.117. The lowest BCUT2D eigenvalue weighted by Crippen LogP contribution is -2.47. The predicted octanol–water partition coefficient (Wildman–Crippen LogP) is 2.89. The van der Waals surface area contributed by atoms with Crippen molar-refractivity contribution >= 4 is 27.3 Å². The van der Waals surface area contributed by atoms with Gasteiger partial charge in [0.15, 0.2) is 0 Å². The second-order valence-electron chi connectivity index (χ2n) is 5.87. The summed E-state index contributed by atoms with van der Waals surface area (Å²) >= 11 is 0. The number of carbonyl (C=O) groups excluding carboxylic acids is 1. The summed E-state index contributed by atoms with van der Waals surface area (Å²) in [5, 5.41) is 2.76. The number of para-hydroxylation sites is 2. The van der Waals surface area contributed by atoms with Crippen LogP contribution in [-0.4, -0.2) is 40.8 Å². The number of nitrogens with zero attached hydrogens (tertiary/aromatic N) is 1. The Morgan fingerprint density at radius 1 is 1.07 bits per heavy atom. The first-order valence-corrected chi connectivity index (χ1v) is 10.2. The number of carbonyl (C=O) groups is 1. The average Bonchev–Trinajstić information content (AvgIpc) is 2.65. The first kappa shape index (κ1) is 20.6. The van der Waals surface area contributed by atoms with Crippen LogP contribution in [0.1, 0.15) is 13.3 Å². The zero-order valence-corrected chi connectivity index (χ0v) is 16.6. The van der Waals surface area contributed by atoms with Crippen LogP contribution in [0.2, 0.25) is 0 Å². The van der Waals surface area contributed by atoms with Crippen molar-refractivity contribution in [3.05, 3.63) is 48.5 Å². The van der Waals surface area contributed by atoms with Crippen LogP contribution in [0.5, 0.6) is 11.5 Å². The molecule has 0 saturated carbocycles. The second kappa shape index (κ2) is 8.77. The van der Waals surface area contributed by atoms with E-state index in [1.54, 1.807) is 55.5 Å². The molecule has 0 aliphatic carbocycles. The van der Waals surface area contributed by atoms with Crippen LogP contribution in [-0.2, 0) is 14.8 Å². The van der Waals surface area contributed by atoms with E-state index < -0.39 is 22.0 Å². The minimum absolute atomic E-state index is 0.292. The minimum Gasteiger partial charge on any atom is -0.497 e. The van der Waals surface area contributed by atoms with Crippen LogP contribution in [0.15, 0.2) is 48.5 Å². The summed E-state index contributed by atoms with van der Waals surface area (Å²) in [5.74, 6) is 0.651. The third-order valence-corrected chi connectivity index (χ3v) is 5.20. The van der Waals surface area contributed by atoms with Crippen molar-refractivity contribution in [3.63, 3.8) is 0 Å². The molecule has 0 saturated heterocycles. The number of benzene rings is 2. The molecule has 7 nitrogen and oxygen atoms in total. The van der Waals surface area contributed by atoms with E-state index in [0.717, 1.165) is 10.6 Å². The summed E-state index contributed by atoms with van der Waals surface area (Å²) in [6.45, 7) is 1.76. The Morgan fingerprint density at radius 2 is 1.70 bits per heavy atom. The van der Waals surface area contributed by atoms with Gasteiger partial charge in [-0.05, 0) is 42.8 Å². The Hall–Kier alpha value is -2.74. The summed E-state index contributed by atoms with van der Waals surface area (Å²) < 4.78 is 36.4. The van der Waals surface area contributed by atoms with Crippen LogP contribution < -0.4 is 19.1 Å². The summed E-state index contributed by atoms with van der Waals surface area (Å²) in [6, 6.07) is 12.6. The molecular weight excluding hydrogens is 368 g/mol. The number of rotatable bonds is 8. The molecule has 146 valence electrons. The molecule has 2 rings (SSSR count). The van der Waals surface area contributed by atoms with Crippen LogP contribution in [0.4, 0.5) is 11.4 Å². The third kappa shape index (κ3) is 4.91. The Labute approximate surface area is 160 Å². The van der Waals surface area contributed by atoms with Crippen LogP contribution in [0.25, 0.3) is 0 Å². The Balaban J connectivity index is 2.38. The summed E-state index contributed by atoms with van der Waals surface area (Å²) in [5.41, 5.74) is 0.868. The van der Waals surface area contributed by atoms with Crippen molar-refractivity contribution in [3.8, 4) is 11.5 Å². The normalized spacial score (nSPS) is 12.1. The maximum Gasteiger partial charge on any atom is 0.248 e. The highest BCUT2D eigenvalue weighted by molar-refractivity contribution is 7.92. The molecule has 2 aromatic carbocycles. The van der Waals surface area contributed by atoms with Crippen molar-refractivity contribution < 1.29 is 22.7 Å². The van der Waals surface area contributed by atoms with E-state index in [-0.39, 0.29) is 0 Å². The van der Waals surface area contributed by atoms with Gasteiger partial charge in [0, 0.05) is 0 Å². The molecule has 1 N–H and O–H groups in total. The first-order chi connectivity index (χ1) is 12.8. The van der Waals surface area contributed by atoms with Gasteiger partial charge in [0.25, 0.3) is 0 Å². The number of methoxy groups -OCH3 is 2. The lowest BCUT2D eigenvalue weighted by Gasteiger charge is -2.30. The van der Waals surface area contributed by atoms with Gasteiger partial charge < -0.3 is 14.8 Å². The molecule has 0 heterocycles. The van der Waals surface area contributed by atoms with E-state index in [1.165, 1.54) is 14.2 Å². The Kier molecular flexibility index (Phi) is 6.68. The number of amides is 1. The van der Waals surface area contributed by atoms with Crippen molar-refractivity contribution in [1.82, 2.24) is 0 Å². The maximum atomic E-state index is 12.9. The molecule has 0 fully saturated rings. The number of anilines is 2. The van der Waals surface area contributed by atoms with E-state index in [0.29, 0.717) is 29.3 Å². The fourth-order valence-corrected chi connectivity index (χ4v) is 3.97. The van der Waals surface area contributed by atoms with Crippen molar-refractivity contribution in [1.29, 1.82) is 0 Å². The zero-order chi connectivity index (χ0) is 20.0. The highest BCUT2D eigenvalue weighted by Gasteiger charge is 2.31. The van der Waals surface area contributed by atoms with Crippen LogP contribution in [0, 0.1) is 0 Å². The smallest absolute Gasteiger partial charge is 0.248 e. The van der Waals surface area contributed by atoms with Gasteiger partial charge >= 0.3 is 0 Å². The molecule has 8 heteroatoms. The average molecular weight is 392 g/mol. The van der Waals surface area contributed by atoms with Crippen molar-refractivity contribution in [2.24, 2.45) is 0 Å². The zero-order valence-electron chi connectivity index (χ0n) is 15.8. The van der Waals surface area contributed by atoms with Crippen LogP contribution in [0.3, 0.4) is 0 Å². The first-order valence-electron chi connectivity index (χ1n) is 8.39. The summed E-state index contributed by atoms with van der Waals surface area (Å²) in [6.07, 6.45) is 1.37. The standard InChI is InChI=1S/C19H24N2O5S/c1-5-17(19(22)20-16-8-6-7-9-18(16)26-3)21(27(4,23)24)14-10-12-15(25-2)13-11-14/h6-13,17H,5H2,1-4H3,(H,20,22)/t17-/m1/s1. The molecular formula is C19H24N2O5S. The van der Waals surface area contributed by atoms with Gasteiger partial charge in [0.2, 0.25) is 15.9 Å². The van der Waals surface area contributed by atoms with E-state index in [9.17, 15) is 13.2 Å². The monoisotopic (exact) mass is 392 g/mol. The molecule has 0 aliphatic heterocycles. The number of hydrogen-bond donors (Lipinski definition) is 1. The highest BCUT2D eigenvalue weighted by Crippen LogP contribution is 2.27. The van der Waals surface area contributed by atoms with E-state index in [1.807, 2.05) is 0 Å². The molecule has 2 aromatic rings. The molecule has 0 aromatic heterocycles. The van der Waals surface area contributed by atoms with Crippen molar-refractivity contribution in [2.75, 3.05) is 30.1 Å². The fraction of sp³-hybridized carbons (Fsp3) is 0.316. The number of hydrogen-bond acceptors (Lipinski definition) is 5. The van der Waals surface area contributed by atoms with Gasteiger partial charge in [-0.1, -0.05) is 19.1 Å². The van der Waals surface area contributed by atoms with Crippen molar-refractivity contribution in [2.45, 2.75) is 19.4 Å². The van der Waals surface area contributed by atoms with Gasteiger partial charge in [-0.15, -0.1) is 0 Å². The topological polar surface area (TPSA) is 84.9 Å². The SMILES string of the molecule is CC[C@H](C(=O)Nc1ccccc1OC)N(c1ccc(OC)cc1)S(C)(=O)=O. The molecule has 0 radical (unpaired) electrons. The fourth-order valence-electron chi connectivity index (χ4n) is 2.75. The maximum absolute atomic E-state index is 12.9. The number of sulfonamides is 1. The molecule has 1 amide bonds. The Bertz CT molecular complexity index is 881. The highest BCUT2D eigenvalue weighted by atomic mass is 32.2. The van der Waals surface area contributed by atoms with Gasteiger partial charge in [0.1, 0.15) is 17.5 Å². The van der Waals surface area contributed by atoms with E-state index in [2.05, 4.69) is 5.32 Å². The van der Waals surface area contributed by atoms with Gasteiger partial charge in [-0.25, -0.2) is 8.42 Å². The number of nitrogens with one attached hydrogen (secondary N) is 1. The van der Waals surface area contributed by atoms with E-state index in [4.69, 9.17) is 9.47 Å². The molecule has 0 unspecified atom stereocenters.